The van der Waals surface area contributed by atoms with E-state index in [2.05, 4.69) is 29.6 Å². The number of hydrogen-bond donors (Lipinski definition) is 1. The van der Waals surface area contributed by atoms with Crippen molar-refractivity contribution < 1.29 is 9.59 Å². The molecular weight excluding hydrogens is 312 g/mol. The number of likely N-dealkylation sites (tertiary alicyclic amines) is 1. The third-order valence-electron chi connectivity index (χ3n) is 4.77. The van der Waals surface area contributed by atoms with Crippen LogP contribution < -0.4 is 5.32 Å². The molecule has 1 saturated heterocycles. The smallest absolute Gasteiger partial charge is 0.251 e. The molecule has 0 unspecified atom stereocenters. The van der Waals surface area contributed by atoms with Crippen molar-refractivity contribution in [3.63, 3.8) is 0 Å². The normalized spacial score (nSPS) is 15.0. The van der Waals surface area contributed by atoms with E-state index >= 15 is 0 Å². The summed E-state index contributed by atoms with van der Waals surface area (Å²) < 4.78 is 0. The average Bonchev–Trinajstić information content (AvgIpc) is 2.68. The van der Waals surface area contributed by atoms with Crippen molar-refractivity contribution in [3.8, 4) is 0 Å². The summed E-state index contributed by atoms with van der Waals surface area (Å²) in [5.41, 5.74) is 1.94. The Kier molecular flexibility index (Phi) is 5.83. The van der Waals surface area contributed by atoms with Crippen LogP contribution in [0.5, 0.6) is 0 Å². The Balaban J connectivity index is 1.42. The highest BCUT2D eigenvalue weighted by molar-refractivity contribution is 5.96. The first-order valence-corrected chi connectivity index (χ1v) is 8.87. The zero-order valence-corrected chi connectivity index (χ0v) is 14.4. The van der Waals surface area contributed by atoms with Crippen molar-refractivity contribution in [3.05, 3.63) is 71.8 Å². The maximum absolute atomic E-state index is 12.3. The monoisotopic (exact) mass is 336 g/mol. The summed E-state index contributed by atoms with van der Waals surface area (Å²) in [6.45, 7) is 1.62. The molecule has 0 aromatic heterocycles. The van der Waals surface area contributed by atoms with E-state index in [1.807, 2.05) is 29.2 Å². The summed E-state index contributed by atoms with van der Waals surface area (Å²) >= 11 is 0. The second kappa shape index (κ2) is 8.47. The molecule has 0 bridgehead atoms. The van der Waals surface area contributed by atoms with E-state index in [0.717, 1.165) is 32.4 Å². The standard InChI is InChI=1S/C21H24N2O2/c24-20(16-22-21(25)19-9-5-2-6-10-19)23-13-11-18(12-14-23)15-17-7-3-1-4-8-17/h1-10,18H,11-16H2,(H,22,25). The molecule has 2 amide bonds. The van der Waals surface area contributed by atoms with Crippen LogP contribution in [0.25, 0.3) is 0 Å². The molecule has 25 heavy (non-hydrogen) atoms. The zero-order chi connectivity index (χ0) is 17.5. The van der Waals surface area contributed by atoms with E-state index in [-0.39, 0.29) is 18.4 Å². The molecule has 0 radical (unpaired) electrons. The predicted octanol–water partition coefficient (Wildman–Crippen LogP) is 2.90. The molecule has 1 aliphatic rings. The number of carbonyl (C=O) groups is 2. The highest BCUT2D eigenvalue weighted by Gasteiger charge is 2.23. The molecule has 0 atom stereocenters. The van der Waals surface area contributed by atoms with Crippen molar-refractivity contribution in [1.82, 2.24) is 10.2 Å². The van der Waals surface area contributed by atoms with E-state index in [0.29, 0.717) is 11.5 Å². The second-order valence-electron chi connectivity index (χ2n) is 6.56. The van der Waals surface area contributed by atoms with Crippen LogP contribution in [0.15, 0.2) is 60.7 Å². The number of rotatable bonds is 5. The Morgan fingerprint density at radius 3 is 2.16 bits per heavy atom. The number of piperidine rings is 1. The highest BCUT2D eigenvalue weighted by atomic mass is 16.2. The first-order chi connectivity index (χ1) is 12.2. The number of benzene rings is 2. The van der Waals surface area contributed by atoms with E-state index in [1.54, 1.807) is 12.1 Å². The Hall–Kier alpha value is -2.62. The van der Waals surface area contributed by atoms with Crippen LogP contribution in [-0.2, 0) is 11.2 Å². The molecule has 1 heterocycles. The molecule has 4 heteroatoms. The van der Waals surface area contributed by atoms with Crippen molar-refractivity contribution in [2.75, 3.05) is 19.6 Å². The summed E-state index contributed by atoms with van der Waals surface area (Å²) in [6, 6.07) is 19.5. The van der Waals surface area contributed by atoms with Gasteiger partial charge < -0.3 is 10.2 Å². The second-order valence-corrected chi connectivity index (χ2v) is 6.56. The molecule has 0 spiro atoms. The van der Waals surface area contributed by atoms with Gasteiger partial charge in [0.1, 0.15) is 0 Å². The fourth-order valence-corrected chi connectivity index (χ4v) is 3.29. The lowest BCUT2D eigenvalue weighted by atomic mass is 9.90. The molecule has 130 valence electrons. The maximum atomic E-state index is 12.3. The topological polar surface area (TPSA) is 49.4 Å². The van der Waals surface area contributed by atoms with Crippen LogP contribution in [0.4, 0.5) is 0 Å². The van der Waals surface area contributed by atoms with Gasteiger partial charge in [0.05, 0.1) is 6.54 Å². The summed E-state index contributed by atoms with van der Waals surface area (Å²) in [6.07, 6.45) is 3.12. The average molecular weight is 336 g/mol. The number of nitrogens with one attached hydrogen (secondary N) is 1. The van der Waals surface area contributed by atoms with Gasteiger partial charge in [-0.15, -0.1) is 0 Å². The number of carbonyl (C=O) groups excluding carboxylic acids is 2. The van der Waals surface area contributed by atoms with Gasteiger partial charge in [-0.2, -0.15) is 0 Å². The molecule has 0 saturated carbocycles. The fraction of sp³-hybridized carbons (Fsp3) is 0.333. The van der Waals surface area contributed by atoms with Gasteiger partial charge in [0.25, 0.3) is 5.91 Å². The lowest BCUT2D eigenvalue weighted by Crippen LogP contribution is -2.44. The Morgan fingerprint density at radius 2 is 1.52 bits per heavy atom. The maximum Gasteiger partial charge on any atom is 0.251 e. The van der Waals surface area contributed by atoms with Crippen LogP contribution in [0.1, 0.15) is 28.8 Å². The summed E-state index contributed by atoms with van der Waals surface area (Å²) in [7, 11) is 0. The van der Waals surface area contributed by atoms with Crippen molar-refractivity contribution in [2.24, 2.45) is 5.92 Å². The van der Waals surface area contributed by atoms with Gasteiger partial charge in [-0.1, -0.05) is 48.5 Å². The minimum Gasteiger partial charge on any atom is -0.343 e. The highest BCUT2D eigenvalue weighted by Crippen LogP contribution is 2.21. The van der Waals surface area contributed by atoms with E-state index in [4.69, 9.17) is 0 Å². The fourth-order valence-electron chi connectivity index (χ4n) is 3.29. The lowest BCUT2D eigenvalue weighted by molar-refractivity contribution is -0.131. The zero-order valence-electron chi connectivity index (χ0n) is 14.4. The number of nitrogens with zero attached hydrogens (tertiary/aromatic N) is 1. The molecule has 1 fully saturated rings. The van der Waals surface area contributed by atoms with E-state index < -0.39 is 0 Å². The first kappa shape index (κ1) is 17.2. The Labute approximate surface area is 148 Å². The molecule has 2 aromatic carbocycles. The van der Waals surface area contributed by atoms with Gasteiger partial charge in [-0.05, 0) is 42.9 Å². The largest absolute Gasteiger partial charge is 0.343 e. The van der Waals surface area contributed by atoms with E-state index in [9.17, 15) is 9.59 Å². The minimum absolute atomic E-state index is 0.00226. The number of hydrogen-bond acceptors (Lipinski definition) is 2. The number of amides is 2. The van der Waals surface area contributed by atoms with Crippen LogP contribution in [0, 0.1) is 5.92 Å². The van der Waals surface area contributed by atoms with Crippen molar-refractivity contribution >= 4 is 11.8 Å². The van der Waals surface area contributed by atoms with E-state index in [1.165, 1.54) is 5.56 Å². The SMILES string of the molecule is O=C(NCC(=O)N1CCC(Cc2ccccc2)CC1)c1ccccc1. The third-order valence-corrected chi connectivity index (χ3v) is 4.77. The first-order valence-electron chi connectivity index (χ1n) is 8.87. The molecule has 1 aliphatic heterocycles. The van der Waals surface area contributed by atoms with Gasteiger partial charge in [0.2, 0.25) is 5.91 Å². The van der Waals surface area contributed by atoms with Gasteiger partial charge in [-0.25, -0.2) is 0 Å². The molecule has 0 aliphatic carbocycles. The Morgan fingerprint density at radius 1 is 0.920 bits per heavy atom. The van der Waals surface area contributed by atoms with Crippen LogP contribution in [0.3, 0.4) is 0 Å². The quantitative estimate of drug-likeness (QED) is 0.913. The van der Waals surface area contributed by atoms with Gasteiger partial charge in [-0.3, -0.25) is 9.59 Å². The predicted molar refractivity (Wildman–Crippen MR) is 98.2 cm³/mol. The van der Waals surface area contributed by atoms with Crippen LogP contribution in [-0.4, -0.2) is 36.3 Å². The Bertz CT molecular complexity index is 692. The summed E-state index contributed by atoms with van der Waals surface area (Å²) in [5, 5.41) is 2.72. The van der Waals surface area contributed by atoms with Crippen molar-refractivity contribution in [2.45, 2.75) is 19.3 Å². The molecule has 2 aromatic rings. The summed E-state index contributed by atoms with van der Waals surface area (Å²) in [5.74, 6) is 0.431. The molecular formula is C21H24N2O2. The van der Waals surface area contributed by atoms with Crippen LogP contribution >= 0.6 is 0 Å². The van der Waals surface area contributed by atoms with Gasteiger partial charge in [0, 0.05) is 18.7 Å². The molecule has 4 nitrogen and oxygen atoms in total. The summed E-state index contributed by atoms with van der Waals surface area (Å²) in [4.78, 5) is 26.2. The molecule has 3 rings (SSSR count). The van der Waals surface area contributed by atoms with Crippen LogP contribution in [0.2, 0.25) is 0 Å². The van der Waals surface area contributed by atoms with Gasteiger partial charge >= 0.3 is 0 Å². The lowest BCUT2D eigenvalue weighted by Gasteiger charge is -2.32. The van der Waals surface area contributed by atoms with Crippen molar-refractivity contribution in [1.29, 1.82) is 0 Å². The van der Waals surface area contributed by atoms with Gasteiger partial charge in [0.15, 0.2) is 0 Å². The molecule has 1 N–H and O–H groups in total. The third kappa shape index (κ3) is 4.92. The minimum atomic E-state index is -0.201.